The molecule has 0 aliphatic rings. The van der Waals surface area contributed by atoms with Crippen molar-refractivity contribution in [1.29, 1.82) is 0 Å². The van der Waals surface area contributed by atoms with Crippen LogP contribution in [0.25, 0.3) is 0 Å². The topological polar surface area (TPSA) is 54.4 Å². The molecule has 0 fully saturated rings. The Morgan fingerprint density at radius 2 is 1.70 bits per heavy atom. The average molecular weight is 298 g/mol. The molecule has 0 unspecified atom stereocenters. The fourth-order valence-corrected chi connectivity index (χ4v) is 1.07. The number of halogens is 5. The van der Waals surface area contributed by atoms with Crippen LogP contribution in [0.1, 0.15) is 30.1 Å². The van der Waals surface area contributed by atoms with Crippen LogP contribution in [0, 0.1) is 11.6 Å². The number of hydrogen-bond acceptors (Lipinski definition) is 2. The van der Waals surface area contributed by atoms with Crippen molar-refractivity contribution in [3.8, 4) is 0 Å². The van der Waals surface area contributed by atoms with E-state index < -0.39 is 23.8 Å². The van der Waals surface area contributed by atoms with E-state index in [4.69, 9.17) is 9.90 Å². The highest BCUT2D eigenvalue weighted by atomic mass is 19.4. The lowest BCUT2D eigenvalue weighted by atomic mass is 10.1. The van der Waals surface area contributed by atoms with Crippen LogP contribution in [0.3, 0.4) is 0 Å². The minimum atomic E-state index is -5.08. The fourth-order valence-electron chi connectivity index (χ4n) is 1.07. The zero-order valence-electron chi connectivity index (χ0n) is 10.3. The van der Waals surface area contributed by atoms with Crippen molar-refractivity contribution in [3.63, 3.8) is 0 Å². The molecule has 0 spiro atoms. The second-order valence-electron chi connectivity index (χ2n) is 3.60. The molecule has 0 saturated heterocycles. The van der Waals surface area contributed by atoms with Crippen LogP contribution in [0.2, 0.25) is 0 Å². The van der Waals surface area contributed by atoms with Gasteiger partial charge in [-0.2, -0.15) is 13.2 Å². The predicted molar refractivity (Wildman–Crippen MR) is 59.3 cm³/mol. The molecule has 112 valence electrons. The van der Waals surface area contributed by atoms with Gasteiger partial charge < -0.3 is 5.11 Å². The van der Waals surface area contributed by atoms with Gasteiger partial charge in [-0.25, -0.2) is 13.6 Å². The first-order chi connectivity index (χ1) is 9.09. The lowest BCUT2D eigenvalue weighted by molar-refractivity contribution is -0.192. The SMILES string of the molecule is CCCC(=O)c1cc(F)ccc1F.O=C(O)C(F)(F)F. The number of hydrogen-bond donors (Lipinski definition) is 1. The van der Waals surface area contributed by atoms with Crippen LogP contribution in [-0.4, -0.2) is 23.0 Å². The molecule has 8 heteroatoms. The molecule has 0 saturated carbocycles. The quantitative estimate of drug-likeness (QED) is 0.685. The van der Waals surface area contributed by atoms with Crippen LogP contribution < -0.4 is 0 Å². The summed E-state index contributed by atoms with van der Waals surface area (Å²) in [6.07, 6.45) is -4.20. The highest BCUT2D eigenvalue weighted by Crippen LogP contribution is 2.13. The maximum absolute atomic E-state index is 13.0. The van der Waals surface area contributed by atoms with Crippen molar-refractivity contribution in [3.05, 3.63) is 35.4 Å². The van der Waals surface area contributed by atoms with Crippen LogP contribution in [-0.2, 0) is 4.79 Å². The summed E-state index contributed by atoms with van der Waals surface area (Å²) in [6, 6.07) is 2.91. The Morgan fingerprint density at radius 3 is 2.10 bits per heavy atom. The Labute approximate surface area is 111 Å². The normalized spacial score (nSPS) is 10.5. The first-order valence-electron chi connectivity index (χ1n) is 5.38. The van der Waals surface area contributed by atoms with Gasteiger partial charge in [0.25, 0.3) is 0 Å². The standard InChI is InChI=1S/C10H10F2O.C2HF3O2/c1-2-3-10(13)8-6-7(11)4-5-9(8)12;3-2(4,5)1(6)7/h4-6H,2-3H2,1H3;(H,6,7). The van der Waals surface area contributed by atoms with E-state index in [1.165, 1.54) is 0 Å². The molecule has 20 heavy (non-hydrogen) atoms. The minimum absolute atomic E-state index is 0.151. The van der Waals surface area contributed by atoms with E-state index in [-0.39, 0.29) is 17.8 Å². The molecule has 1 aromatic carbocycles. The van der Waals surface area contributed by atoms with E-state index in [2.05, 4.69) is 0 Å². The number of Topliss-reactive ketones (excluding diaryl/α,β-unsaturated/α-hetero) is 1. The van der Waals surface area contributed by atoms with Crippen LogP contribution in [0.4, 0.5) is 22.0 Å². The van der Waals surface area contributed by atoms with Gasteiger partial charge in [-0.1, -0.05) is 6.92 Å². The average Bonchev–Trinajstić information content (AvgIpc) is 2.32. The van der Waals surface area contributed by atoms with Gasteiger partial charge in [-0.05, 0) is 24.6 Å². The second kappa shape index (κ2) is 7.56. The highest BCUT2D eigenvalue weighted by Gasteiger charge is 2.38. The molecular formula is C12H11F5O3. The summed E-state index contributed by atoms with van der Waals surface area (Å²) >= 11 is 0. The predicted octanol–water partition coefficient (Wildman–Crippen LogP) is 3.58. The van der Waals surface area contributed by atoms with Crippen LogP contribution >= 0.6 is 0 Å². The zero-order valence-corrected chi connectivity index (χ0v) is 10.3. The second-order valence-corrected chi connectivity index (χ2v) is 3.60. The molecule has 0 bridgehead atoms. The molecule has 0 radical (unpaired) electrons. The summed E-state index contributed by atoms with van der Waals surface area (Å²) in [5, 5.41) is 7.12. The number of carbonyl (C=O) groups excluding carboxylic acids is 1. The number of rotatable bonds is 3. The van der Waals surface area contributed by atoms with E-state index >= 15 is 0 Å². The van der Waals surface area contributed by atoms with E-state index in [1.54, 1.807) is 0 Å². The maximum Gasteiger partial charge on any atom is 0.490 e. The Balaban J connectivity index is 0.000000441. The Bertz CT molecular complexity index is 482. The Hall–Kier alpha value is -1.99. The lowest BCUT2D eigenvalue weighted by Crippen LogP contribution is -2.21. The van der Waals surface area contributed by atoms with Crippen molar-refractivity contribution >= 4 is 11.8 Å². The molecule has 1 rings (SSSR count). The molecule has 0 atom stereocenters. The molecule has 0 amide bonds. The summed E-state index contributed by atoms with van der Waals surface area (Å²) in [5.74, 6) is -4.34. The van der Waals surface area contributed by atoms with Crippen molar-refractivity contribution in [2.45, 2.75) is 25.9 Å². The van der Waals surface area contributed by atoms with Gasteiger partial charge in [-0.15, -0.1) is 0 Å². The first kappa shape index (κ1) is 18.0. The summed E-state index contributed by atoms with van der Waals surface area (Å²) in [4.78, 5) is 20.1. The van der Waals surface area contributed by atoms with Gasteiger partial charge in [0.15, 0.2) is 5.78 Å². The number of aliphatic carboxylic acids is 1. The molecule has 0 aromatic heterocycles. The smallest absolute Gasteiger partial charge is 0.475 e. The first-order valence-corrected chi connectivity index (χ1v) is 5.38. The number of carbonyl (C=O) groups is 2. The highest BCUT2D eigenvalue weighted by molar-refractivity contribution is 5.96. The monoisotopic (exact) mass is 298 g/mol. The van der Waals surface area contributed by atoms with Gasteiger partial charge in [0.1, 0.15) is 11.6 Å². The molecule has 3 nitrogen and oxygen atoms in total. The third kappa shape index (κ3) is 6.26. The fraction of sp³-hybridized carbons (Fsp3) is 0.333. The third-order valence-corrected chi connectivity index (χ3v) is 1.95. The zero-order chi connectivity index (χ0) is 15.9. The van der Waals surface area contributed by atoms with Gasteiger partial charge in [0.2, 0.25) is 0 Å². The molecule has 1 N–H and O–H groups in total. The van der Waals surface area contributed by atoms with E-state index in [1.807, 2.05) is 6.92 Å². The molecular weight excluding hydrogens is 287 g/mol. The number of carboxylic acids is 1. The summed E-state index contributed by atoms with van der Waals surface area (Å²) in [5.41, 5.74) is -0.151. The third-order valence-electron chi connectivity index (χ3n) is 1.95. The van der Waals surface area contributed by atoms with Gasteiger partial charge in [-0.3, -0.25) is 4.79 Å². The van der Waals surface area contributed by atoms with Crippen LogP contribution in [0.5, 0.6) is 0 Å². The van der Waals surface area contributed by atoms with Crippen molar-refractivity contribution < 1.29 is 36.6 Å². The summed E-state index contributed by atoms with van der Waals surface area (Å²) in [7, 11) is 0. The number of benzene rings is 1. The maximum atomic E-state index is 13.0. The molecule has 0 aliphatic carbocycles. The minimum Gasteiger partial charge on any atom is -0.475 e. The summed E-state index contributed by atoms with van der Waals surface area (Å²) in [6.45, 7) is 1.81. The van der Waals surface area contributed by atoms with Crippen molar-refractivity contribution in [2.24, 2.45) is 0 Å². The van der Waals surface area contributed by atoms with Gasteiger partial charge in [0, 0.05) is 6.42 Å². The lowest BCUT2D eigenvalue weighted by Gasteiger charge is -2.00. The number of alkyl halides is 3. The van der Waals surface area contributed by atoms with E-state index in [0.717, 1.165) is 18.2 Å². The van der Waals surface area contributed by atoms with Gasteiger partial charge in [0.05, 0.1) is 5.56 Å². The molecule has 0 aliphatic heterocycles. The van der Waals surface area contributed by atoms with Crippen LogP contribution in [0.15, 0.2) is 18.2 Å². The number of carboxylic acid groups (broad SMARTS) is 1. The van der Waals surface area contributed by atoms with Crippen molar-refractivity contribution in [1.82, 2.24) is 0 Å². The van der Waals surface area contributed by atoms with Gasteiger partial charge >= 0.3 is 12.1 Å². The molecule has 0 heterocycles. The summed E-state index contributed by atoms with van der Waals surface area (Å²) < 4.78 is 57.3. The number of ketones is 1. The largest absolute Gasteiger partial charge is 0.490 e. The van der Waals surface area contributed by atoms with E-state index in [0.29, 0.717) is 6.42 Å². The molecule has 1 aromatic rings. The Morgan fingerprint density at radius 1 is 1.20 bits per heavy atom. The van der Waals surface area contributed by atoms with Crippen molar-refractivity contribution in [2.75, 3.05) is 0 Å². The Kier molecular flexibility index (Phi) is 6.81. The van der Waals surface area contributed by atoms with E-state index in [9.17, 15) is 26.7 Å².